The summed E-state index contributed by atoms with van der Waals surface area (Å²) in [7, 11) is 0. The Balaban J connectivity index is 1.70. The summed E-state index contributed by atoms with van der Waals surface area (Å²) in [4.78, 5) is 5.22. The van der Waals surface area contributed by atoms with Crippen molar-refractivity contribution in [1.29, 1.82) is 0 Å². The lowest BCUT2D eigenvalue weighted by molar-refractivity contribution is -0.138. The molecule has 1 aliphatic rings. The zero-order valence-corrected chi connectivity index (χ0v) is 16.1. The van der Waals surface area contributed by atoms with Crippen molar-refractivity contribution in [2.45, 2.75) is 50.9 Å². The molecule has 0 amide bonds. The van der Waals surface area contributed by atoms with E-state index in [1.807, 2.05) is 17.0 Å². The van der Waals surface area contributed by atoms with Crippen LogP contribution in [0, 0.1) is 0 Å². The van der Waals surface area contributed by atoms with Gasteiger partial charge in [0.25, 0.3) is 0 Å². The molecule has 1 aromatic heterocycles. The lowest BCUT2D eigenvalue weighted by atomic mass is 9.86. The van der Waals surface area contributed by atoms with E-state index >= 15 is 0 Å². The fraction of sp³-hybridized carbons (Fsp3) is 0.455. The van der Waals surface area contributed by atoms with E-state index in [4.69, 9.17) is 0 Å². The van der Waals surface area contributed by atoms with Gasteiger partial charge in [0, 0.05) is 18.8 Å². The van der Waals surface area contributed by atoms with E-state index in [0.29, 0.717) is 31.5 Å². The van der Waals surface area contributed by atoms with Crippen molar-refractivity contribution < 1.29 is 18.3 Å². The molecule has 1 fully saturated rings. The minimum absolute atomic E-state index is 0.146. The molecule has 0 aliphatic carbocycles. The number of alkyl halides is 3. The number of hydrogen-bond donors (Lipinski definition) is 2. The van der Waals surface area contributed by atoms with Crippen LogP contribution in [0.5, 0.6) is 0 Å². The molecule has 0 spiro atoms. The summed E-state index contributed by atoms with van der Waals surface area (Å²) >= 11 is 0. The molecule has 1 aromatic carbocycles. The predicted octanol–water partition coefficient (Wildman–Crippen LogP) is 5.19. The quantitative estimate of drug-likeness (QED) is 0.664. The fourth-order valence-electron chi connectivity index (χ4n) is 4.12. The number of piperidine rings is 1. The van der Waals surface area contributed by atoms with Crippen molar-refractivity contribution in [3.8, 4) is 0 Å². The van der Waals surface area contributed by atoms with E-state index in [0.717, 1.165) is 35.9 Å². The third kappa shape index (κ3) is 4.33. The van der Waals surface area contributed by atoms with Crippen LogP contribution in [0.15, 0.2) is 43.0 Å². The molecule has 2 heterocycles. The van der Waals surface area contributed by atoms with Crippen LogP contribution in [0.4, 0.5) is 13.2 Å². The van der Waals surface area contributed by atoms with Crippen LogP contribution in [0.3, 0.4) is 0 Å². The molecular weight excluding hydrogens is 365 g/mol. The molecule has 0 radical (unpaired) electrons. The van der Waals surface area contributed by atoms with Gasteiger partial charge in [0.05, 0.1) is 11.3 Å². The number of nitrogens with one attached hydrogen (secondary N) is 1. The highest BCUT2D eigenvalue weighted by molar-refractivity contribution is 5.33. The van der Waals surface area contributed by atoms with E-state index in [9.17, 15) is 18.3 Å². The van der Waals surface area contributed by atoms with Crippen molar-refractivity contribution in [3.63, 3.8) is 0 Å². The topological polar surface area (TPSA) is 39.3 Å². The third-order valence-electron chi connectivity index (χ3n) is 5.59. The number of halogens is 3. The number of H-pyrrole nitrogens is 1. The number of nitrogens with zero attached hydrogens (tertiary/aromatic N) is 1. The summed E-state index contributed by atoms with van der Waals surface area (Å²) in [5.41, 5.74) is 2.77. The van der Waals surface area contributed by atoms with Crippen LogP contribution in [0.25, 0.3) is 0 Å². The summed E-state index contributed by atoms with van der Waals surface area (Å²) in [6.07, 6.45) is -0.523. The molecule has 2 aromatic rings. The van der Waals surface area contributed by atoms with Crippen molar-refractivity contribution in [2.24, 2.45) is 0 Å². The number of aryl methyl sites for hydroxylation is 1. The molecular formula is C22H27F3N2O. The number of aromatic nitrogens is 1. The van der Waals surface area contributed by atoms with Crippen LogP contribution >= 0.6 is 0 Å². The molecule has 1 saturated heterocycles. The maximum Gasteiger partial charge on any atom is 0.416 e. The zero-order valence-electron chi connectivity index (χ0n) is 16.1. The Hall–Kier alpha value is -2.05. The summed E-state index contributed by atoms with van der Waals surface area (Å²) < 4.78 is 39.9. The summed E-state index contributed by atoms with van der Waals surface area (Å²) in [5, 5.41) is 10.8. The van der Waals surface area contributed by atoms with Gasteiger partial charge in [-0.05, 0) is 54.9 Å². The van der Waals surface area contributed by atoms with E-state index in [-0.39, 0.29) is 5.92 Å². The summed E-state index contributed by atoms with van der Waals surface area (Å²) in [6.45, 7) is 6.93. The first-order valence-electron chi connectivity index (χ1n) is 9.75. The number of aliphatic hydroxyl groups is 1. The molecule has 0 saturated carbocycles. The van der Waals surface area contributed by atoms with Gasteiger partial charge in [-0.3, -0.25) is 4.90 Å². The Bertz CT molecular complexity index is 804. The highest BCUT2D eigenvalue weighted by atomic mass is 19.4. The lowest BCUT2D eigenvalue weighted by Crippen LogP contribution is -2.36. The molecule has 152 valence electrons. The number of aliphatic hydroxyl groups excluding tert-OH is 1. The molecule has 6 heteroatoms. The molecule has 1 unspecified atom stereocenters. The zero-order chi connectivity index (χ0) is 20.3. The number of allylic oxidation sites excluding steroid dienone is 1. The smallest absolute Gasteiger partial charge is 0.373 e. The Labute approximate surface area is 163 Å². The van der Waals surface area contributed by atoms with E-state index in [2.05, 4.69) is 18.5 Å². The second kappa shape index (κ2) is 8.53. The highest BCUT2D eigenvalue weighted by Gasteiger charge is 2.36. The molecule has 2 N–H and O–H groups in total. The molecule has 1 atom stereocenters. The average molecular weight is 392 g/mol. The molecule has 28 heavy (non-hydrogen) atoms. The van der Waals surface area contributed by atoms with Gasteiger partial charge in [0.2, 0.25) is 0 Å². The largest absolute Gasteiger partial charge is 0.416 e. The second-order valence-corrected chi connectivity index (χ2v) is 7.34. The van der Waals surface area contributed by atoms with E-state index < -0.39 is 18.0 Å². The molecule has 0 bridgehead atoms. The van der Waals surface area contributed by atoms with Gasteiger partial charge in [-0.15, -0.1) is 6.58 Å². The second-order valence-electron chi connectivity index (χ2n) is 7.34. The first kappa shape index (κ1) is 20.7. The minimum Gasteiger partial charge on any atom is -0.373 e. The third-order valence-corrected chi connectivity index (χ3v) is 5.59. The van der Waals surface area contributed by atoms with Gasteiger partial charge in [0.1, 0.15) is 6.23 Å². The summed E-state index contributed by atoms with van der Waals surface area (Å²) in [5.74, 6) is -0.146. The van der Waals surface area contributed by atoms with E-state index in [1.54, 1.807) is 12.1 Å². The van der Waals surface area contributed by atoms with Crippen molar-refractivity contribution in [1.82, 2.24) is 9.88 Å². The number of aromatic amines is 1. The number of likely N-dealkylation sites (tertiary alicyclic amines) is 1. The van der Waals surface area contributed by atoms with Crippen molar-refractivity contribution in [3.05, 3.63) is 71.1 Å². The average Bonchev–Trinajstić information content (AvgIpc) is 3.10. The fourth-order valence-corrected chi connectivity index (χ4v) is 4.12. The van der Waals surface area contributed by atoms with Crippen LogP contribution in [-0.2, 0) is 19.0 Å². The van der Waals surface area contributed by atoms with Gasteiger partial charge in [-0.25, -0.2) is 0 Å². The van der Waals surface area contributed by atoms with Gasteiger partial charge < -0.3 is 10.1 Å². The van der Waals surface area contributed by atoms with E-state index in [1.165, 1.54) is 6.07 Å². The van der Waals surface area contributed by atoms with Crippen LogP contribution in [0.2, 0.25) is 0 Å². The maximum absolute atomic E-state index is 13.3. The number of rotatable bonds is 6. The van der Waals surface area contributed by atoms with Crippen LogP contribution < -0.4 is 0 Å². The minimum atomic E-state index is -4.34. The Kier molecular flexibility index (Phi) is 6.30. The Morgan fingerprint density at radius 3 is 2.57 bits per heavy atom. The normalized spacial score (nSPS) is 17.6. The van der Waals surface area contributed by atoms with Gasteiger partial charge in [-0.1, -0.05) is 31.2 Å². The maximum atomic E-state index is 13.3. The highest BCUT2D eigenvalue weighted by Crippen LogP contribution is 2.39. The molecule has 3 nitrogen and oxygen atoms in total. The monoisotopic (exact) mass is 392 g/mol. The Morgan fingerprint density at radius 2 is 1.96 bits per heavy atom. The Morgan fingerprint density at radius 1 is 1.29 bits per heavy atom. The number of hydrogen-bond acceptors (Lipinski definition) is 2. The van der Waals surface area contributed by atoms with Crippen molar-refractivity contribution in [2.75, 3.05) is 13.1 Å². The molecule has 3 rings (SSSR count). The number of benzene rings is 1. The first-order valence-corrected chi connectivity index (χ1v) is 9.75. The standard InChI is InChI=1S/C22H27F3N2O/c1-3-7-16-14-20(26-19(16)4-2)21(28)27-12-10-15(11-13-27)17-8-5-6-9-18(17)22(23,24)25/h3,5-6,8-9,14-15,21,26,28H,1,4,7,10-13H2,2H3. The van der Waals surface area contributed by atoms with Gasteiger partial charge in [-0.2, -0.15) is 13.2 Å². The predicted molar refractivity (Wildman–Crippen MR) is 104 cm³/mol. The van der Waals surface area contributed by atoms with Crippen molar-refractivity contribution >= 4 is 0 Å². The first-order chi connectivity index (χ1) is 13.3. The SMILES string of the molecule is C=CCc1cc(C(O)N2CCC(c3ccccc3C(F)(F)F)CC2)[nH]c1CC. The lowest BCUT2D eigenvalue weighted by Gasteiger charge is -2.35. The van der Waals surface area contributed by atoms with Crippen LogP contribution in [-0.4, -0.2) is 28.1 Å². The van der Waals surface area contributed by atoms with Crippen LogP contribution in [0.1, 0.15) is 60.0 Å². The van der Waals surface area contributed by atoms with Gasteiger partial charge in [0.15, 0.2) is 0 Å². The molecule has 1 aliphatic heterocycles. The van der Waals surface area contributed by atoms with Gasteiger partial charge >= 0.3 is 6.18 Å². The summed E-state index contributed by atoms with van der Waals surface area (Å²) in [6, 6.07) is 7.81.